The molecule has 3 rings (SSSR count). The predicted molar refractivity (Wildman–Crippen MR) is 85.9 cm³/mol. The van der Waals surface area contributed by atoms with Crippen LogP contribution in [0.25, 0.3) is 0 Å². The monoisotopic (exact) mass is 312 g/mol. The fourth-order valence-corrected chi connectivity index (χ4v) is 2.02. The normalized spacial score (nSPS) is 12.4. The van der Waals surface area contributed by atoms with Crippen molar-refractivity contribution in [3.05, 3.63) is 53.6 Å². The van der Waals surface area contributed by atoms with Crippen molar-refractivity contribution in [2.45, 2.75) is 6.92 Å². The van der Waals surface area contributed by atoms with Crippen molar-refractivity contribution in [1.82, 2.24) is 0 Å². The van der Waals surface area contributed by atoms with Crippen molar-refractivity contribution in [2.75, 3.05) is 18.7 Å². The second-order valence-electron chi connectivity index (χ2n) is 5.03. The molecule has 0 bridgehead atoms. The van der Waals surface area contributed by atoms with E-state index in [0.717, 1.165) is 5.56 Å². The lowest BCUT2D eigenvalue weighted by Crippen LogP contribution is -2.16. The fourth-order valence-electron chi connectivity index (χ4n) is 2.02. The predicted octanol–water partition coefficient (Wildman–Crippen LogP) is 2.71. The van der Waals surface area contributed by atoms with Crippen LogP contribution in [0.5, 0.6) is 11.5 Å². The Bertz CT molecular complexity index is 726. The molecule has 0 saturated heterocycles. The SMILES string of the molecule is Cc1ccc(/C=N\OCC(=O)Nc2ccc3c(c2)OCO3)cc1. The average Bonchev–Trinajstić information content (AvgIpc) is 3.01. The van der Waals surface area contributed by atoms with Crippen LogP contribution in [0.4, 0.5) is 5.69 Å². The van der Waals surface area contributed by atoms with Gasteiger partial charge in [0.15, 0.2) is 18.1 Å². The van der Waals surface area contributed by atoms with Crippen LogP contribution in [0.3, 0.4) is 0 Å². The first-order valence-corrected chi connectivity index (χ1v) is 7.12. The number of carbonyl (C=O) groups is 1. The average molecular weight is 312 g/mol. The summed E-state index contributed by atoms with van der Waals surface area (Å²) < 4.78 is 10.5. The molecule has 0 atom stereocenters. The smallest absolute Gasteiger partial charge is 0.265 e. The zero-order valence-corrected chi connectivity index (χ0v) is 12.6. The maximum Gasteiger partial charge on any atom is 0.265 e. The molecule has 1 amide bonds. The Morgan fingerprint density at radius 3 is 2.83 bits per heavy atom. The summed E-state index contributed by atoms with van der Waals surface area (Å²) in [5.41, 5.74) is 2.70. The second kappa shape index (κ2) is 6.83. The number of aryl methyl sites for hydroxylation is 1. The highest BCUT2D eigenvalue weighted by Crippen LogP contribution is 2.34. The van der Waals surface area contributed by atoms with Gasteiger partial charge in [0.05, 0.1) is 6.21 Å². The lowest BCUT2D eigenvalue weighted by Gasteiger charge is -2.05. The van der Waals surface area contributed by atoms with E-state index in [4.69, 9.17) is 14.3 Å². The number of benzene rings is 2. The van der Waals surface area contributed by atoms with E-state index in [1.807, 2.05) is 31.2 Å². The van der Waals surface area contributed by atoms with E-state index in [9.17, 15) is 4.79 Å². The van der Waals surface area contributed by atoms with Crippen LogP contribution in [0.1, 0.15) is 11.1 Å². The minimum atomic E-state index is -0.301. The van der Waals surface area contributed by atoms with Gasteiger partial charge in [-0.1, -0.05) is 35.0 Å². The molecule has 0 spiro atoms. The van der Waals surface area contributed by atoms with E-state index in [2.05, 4.69) is 10.5 Å². The molecule has 1 aliphatic heterocycles. The van der Waals surface area contributed by atoms with Crippen LogP contribution in [0, 0.1) is 6.92 Å². The number of nitrogens with one attached hydrogen (secondary N) is 1. The van der Waals surface area contributed by atoms with Gasteiger partial charge in [-0.05, 0) is 24.6 Å². The summed E-state index contributed by atoms with van der Waals surface area (Å²) in [6.45, 7) is 2.04. The van der Waals surface area contributed by atoms with E-state index in [0.29, 0.717) is 17.2 Å². The summed E-state index contributed by atoms with van der Waals surface area (Å²) in [6, 6.07) is 13.0. The minimum Gasteiger partial charge on any atom is -0.454 e. The number of carbonyl (C=O) groups excluding carboxylic acids is 1. The Balaban J connectivity index is 1.47. The number of rotatable bonds is 5. The molecule has 2 aromatic carbocycles. The lowest BCUT2D eigenvalue weighted by molar-refractivity contribution is -0.120. The molecule has 0 aromatic heterocycles. The van der Waals surface area contributed by atoms with Crippen molar-refractivity contribution < 1.29 is 19.1 Å². The van der Waals surface area contributed by atoms with Gasteiger partial charge in [-0.2, -0.15) is 0 Å². The van der Waals surface area contributed by atoms with Gasteiger partial charge >= 0.3 is 0 Å². The van der Waals surface area contributed by atoms with Gasteiger partial charge < -0.3 is 19.6 Å². The maximum atomic E-state index is 11.8. The third kappa shape index (κ3) is 4.00. The quantitative estimate of drug-likeness (QED) is 0.681. The topological polar surface area (TPSA) is 69.2 Å². The molecular formula is C17H16N2O4. The van der Waals surface area contributed by atoms with Gasteiger partial charge in [0.1, 0.15) is 0 Å². The van der Waals surface area contributed by atoms with Crippen LogP contribution in [0.2, 0.25) is 0 Å². The Labute approximate surface area is 133 Å². The van der Waals surface area contributed by atoms with Crippen molar-refractivity contribution in [3.8, 4) is 11.5 Å². The van der Waals surface area contributed by atoms with Crippen LogP contribution >= 0.6 is 0 Å². The third-order valence-corrected chi connectivity index (χ3v) is 3.21. The van der Waals surface area contributed by atoms with Crippen molar-refractivity contribution in [2.24, 2.45) is 5.16 Å². The molecule has 1 aliphatic rings. The van der Waals surface area contributed by atoms with E-state index in [1.165, 1.54) is 5.56 Å². The highest BCUT2D eigenvalue weighted by Gasteiger charge is 2.14. The number of oxime groups is 1. The summed E-state index contributed by atoms with van der Waals surface area (Å²) in [5.74, 6) is 0.980. The lowest BCUT2D eigenvalue weighted by atomic mass is 10.2. The first kappa shape index (κ1) is 14.9. The minimum absolute atomic E-state index is 0.170. The van der Waals surface area contributed by atoms with Crippen molar-refractivity contribution in [1.29, 1.82) is 0 Å². The first-order valence-electron chi connectivity index (χ1n) is 7.12. The zero-order valence-electron chi connectivity index (χ0n) is 12.6. The molecule has 0 aliphatic carbocycles. The van der Waals surface area contributed by atoms with Crippen LogP contribution in [-0.2, 0) is 9.63 Å². The van der Waals surface area contributed by atoms with Crippen molar-refractivity contribution in [3.63, 3.8) is 0 Å². The van der Waals surface area contributed by atoms with E-state index in [1.54, 1.807) is 24.4 Å². The fraction of sp³-hybridized carbons (Fsp3) is 0.176. The van der Waals surface area contributed by atoms with E-state index < -0.39 is 0 Å². The Morgan fingerprint density at radius 2 is 2.00 bits per heavy atom. The molecule has 2 aromatic rings. The van der Waals surface area contributed by atoms with Crippen LogP contribution in [-0.4, -0.2) is 25.5 Å². The number of fused-ring (bicyclic) bond motifs is 1. The molecular weight excluding hydrogens is 296 g/mol. The van der Waals surface area contributed by atoms with Gasteiger partial charge in [0, 0.05) is 11.8 Å². The molecule has 6 heteroatoms. The summed E-state index contributed by atoms with van der Waals surface area (Å²) in [7, 11) is 0. The summed E-state index contributed by atoms with van der Waals surface area (Å²) in [4.78, 5) is 16.8. The number of amides is 1. The standard InChI is InChI=1S/C17H16N2O4/c1-12-2-4-13(5-3-12)9-18-23-10-17(20)19-14-6-7-15-16(8-14)22-11-21-15/h2-9H,10-11H2,1H3,(H,19,20)/b18-9-. The molecule has 0 radical (unpaired) electrons. The number of hydrogen-bond acceptors (Lipinski definition) is 5. The van der Waals surface area contributed by atoms with Gasteiger partial charge in [0.2, 0.25) is 6.79 Å². The number of ether oxygens (including phenoxy) is 2. The zero-order chi connectivity index (χ0) is 16.1. The molecule has 118 valence electrons. The highest BCUT2D eigenvalue weighted by molar-refractivity contribution is 5.92. The second-order valence-corrected chi connectivity index (χ2v) is 5.03. The van der Waals surface area contributed by atoms with Crippen LogP contribution < -0.4 is 14.8 Å². The maximum absolute atomic E-state index is 11.8. The number of hydrogen-bond donors (Lipinski definition) is 1. The largest absolute Gasteiger partial charge is 0.454 e. The van der Waals surface area contributed by atoms with Gasteiger partial charge in [-0.3, -0.25) is 4.79 Å². The molecule has 6 nitrogen and oxygen atoms in total. The van der Waals surface area contributed by atoms with E-state index in [-0.39, 0.29) is 19.3 Å². The van der Waals surface area contributed by atoms with Gasteiger partial charge in [0.25, 0.3) is 5.91 Å². The summed E-state index contributed by atoms with van der Waals surface area (Å²) in [5, 5.41) is 6.48. The van der Waals surface area contributed by atoms with Crippen LogP contribution in [0.15, 0.2) is 47.6 Å². The molecule has 0 saturated carbocycles. The first-order chi connectivity index (χ1) is 11.2. The Morgan fingerprint density at radius 1 is 1.22 bits per heavy atom. The summed E-state index contributed by atoms with van der Waals surface area (Å²) >= 11 is 0. The van der Waals surface area contributed by atoms with E-state index >= 15 is 0 Å². The molecule has 1 N–H and O–H groups in total. The molecule has 1 heterocycles. The van der Waals surface area contributed by atoms with Crippen molar-refractivity contribution >= 4 is 17.8 Å². The molecule has 0 fully saturated rings. The molecule has 23 heavy (non-hydrogen) atoms. The Kier molecular flexibility index (Phi) is 4.42. The highest BCUT2D eigenvalue weighted by atomic mass is 16.7. The Hall–Kier alpha value is -3.02. The third-order valence-electron chi connectivity index (χ3n) is 3.21. The number of nitrogens with zero attached hydrogens (tertiary/aromatic N) is 1. The summed E-state index contributed by atoms with van der Waals surface area (Å²) in [6.07, 6.45) is 1.56. The number of anilines is 1. The molecule has 0 unspecified atom stereocenters. The van der Waals surface area contributed by atoms with Gasteiger partial charge in [-0.15, -0.1) is 0 Å². The van der Waals surface area contributed by atoms with Gasteiger partial charge in [-0.25, -0.2) is 0 Å².